The number of allylic oxidation sites excluding steroid dienone is 1. The quantitative estimate of drug-likeness (QED) is 0.578. The van der Waals surface area contributed by atoms with Crippen molar-refractivity contribution in [3.8, 4) is 5.75 Å². The minimum atomic E-state index is -0.156. The Morgan fingerprint density at radius 3 is 2.58 bits per heavy atom. The minimum Gasteiger partial charge on any atom is -0.492 e. The number of rotatable bonds is 5. The summed E-state index contributed by atoms with van der Waals surface area (Å²) in [7, 11) is 4.16. The van der Waals surface area contributed by atoms with Crippen molar-refractivity contribution in [2.24, 2.45) is 17.3 Å². The summed E-state index contributed by atoms with van der Waals surface area (Å²) in [6, 6.07) is 15.4. The highest BCUT2D eigenvalue weighted by Gasteiger charge is 2.54. The molecule has 0 spiro atoms. The number of halogens is 1. The molecule has 0 unspecified atom stereocenters. The first-order valence-corrected chi connectivity index (χ1v) is 12.3. The maximum absolute atomic E-state index is 10.8. The lowest BCUT2D eigenvalue weighted by Gasteiger charge is -2.49. The van der Waals surface area contributed by atoms with E-state index in [1.807, 2.05) is 0 Å². The molecular weight excluding hydrogens is 430 g/mol. The van der Waals surface area contributed by atoms with Gasteiger partial charge in [-0.2, -0.15) is 0 Å². The van der Waals surface area contributed by atoms with E-state index >= 15 is 0 Å². The molecular formula is C29H38ClNO2. The highest BCUT2D eigenvalue weighted by Crippen LogP contribution is 2.61. The Kier molecular flexibility index (Phi) is 6.96. The second kappa shape index (κ2) is 9.44. The summed E-state index contributed by atoms with van der Waals surface area (Å²) in [5, 5.41) is 10.8. The van der Waals surface area contributed by atoms with Gasteiger partial charge in [0.05, 0.1) is 6.10 Å². The van der Waals surface area contributed by atoms with E-state index in [9.17, 15) is 5.11 Å². The number of aliphatic hydroxyl groups excluding tert-OH is 1. The average molecular weight is 468 g/mol. The number of aryl methyl sites for hydroxylation is 1. The van der Waals surface area contributed by atoms with Gasteiger partial charge in [-0.3, -0.25) is 0 Å². The van der Waals surface area contributed by atoms with Crippen molar-refractivity contribution in [1.29, 1.82) is 0 Å². The fraction of sp³-hybridized carbons (Fsp3) is 0.517. The van der Waals surface area contributed by atoms with Gasteiger partial charge in [0.1, 0.15) is 12.4 Å². The number of fused-ring (bicyclic) bond motifs is 5. The number of ether oxygens (including phenoxy) is 1. The number of hydrogen-bond donors (Lipinski definition) is 1. The van der Waals surface area contributed by atoms with E-state index < -0.39 is 0 Å². The molecule has 4 heteroatoms. The van der Waals surface area contributed by atoms with Crippen LogP contribution in [0.2, 0.25) is 0 Å². The Morgan fingerprint density at radius 1 is 1.09 bits per heavy atom. The van der Waals surface area contributed by atoms with Crippen LogP contribution in [0, 0.1) is 24.2 Å². The molecule has 0 amide bonds. The summed E-state index contributed by atoms with van der Waals surface area (Å²) in [5.41, 5.74) is 6.89. The molecule has 2 fully saturated rings. The molecule has 0 aromatic heterocycles. The van der Waals surface area contributed by atoms with E-state index in [0.717, 1.165) is 38.0 Å². The van der Waals surface area contributed by atoms with E-state index in [4.69, 9.17) is 4.74 Å². The zero-order valence-electron chi connectivity index (χ0n) is 20.4. The van der Waals surface area contributed by atoms with Gasteiger partial charge in [-0.15, -0.1) is 12.4 Å². The molecule has 0 heterocycles. The predicted octanol–water partition coefficient (Wildman–Crippen LogP) is 6.07. The SMILES string of the molecule is Cc1cc(OCCN(C)C)cc2c1[C@H]1CC[C@]3(C)[C@@H](O)CC[C@H]3[C@@H]1C=C2c1ccccc1.Cl. The van der Waals surface area contributed by atoms with Crippen LogP contribution in [0.4, 0.5) is 0 Å². The van der Waals surface area contributed by atoms with Crippen molar-refractivity contribution in [3.63, 3.8) is 0 Å². The van der Waals surface area contributed by atoms with Gasteiger partial charge in [-0.05, 0) is 110 Å². The predicted molar refractivity (Wildman–Crippen MR) is 138 cm³/mol. The number of hydrogen-bond acceptors (Lipinski definition) is 3. The monoisotopic (exact) mass is 467 g/mol. The van der Waals surface area contributed by atoms with Crippen LogP contribution in [-0.2, 0) is 0 Å². The van der Waals surface area contributed by atoms with Gasteiger partial charge in [0.2, 0.25) is 0 Å². The first-order chi connectivity index (χ1) is 15.4. The topological polar surface area (TPSA) is 32.7 Å². The van der Waals surface area contributed by atoms with Crippen LogP contribution in [0.5, 0.6) is 5.75 Å². The summed E-state index contributed by atoms with van der Waals surface area (Å²) in [5.74, 6) is 2.56. The summed E-state index contributed by atoms with van der Waals surface area (Å²) < 4.78 is 6.18. The largest absolute Gasteiger partial charge is 0.492 e. The molecule has 33 heavy (non-hydrogen) atoms. The number of benzene rings is 2. The fourth-order valence-corrected chi connectivity index (χ4v) is 6.80. The van der Waals surface area contributed by atoms with Crippen LogP contribution < -0.4 is 4.74 Å². The lowest BCUT2D eigenvalue weighted by molar-refractivity contribution is -0.00813. The van der Waals surface area contributed by atoms with Gasteiger partial charge < -0.3 is 14.7 Å². The van der Waals surface area contributed by atoms with E-state index in [2.05, 4.69) is 81.4 Å². The Morgan fingerprint density at radius 2 is 1.85 bits per heavy atom. The fourth-order valence-electron chi connectivity index (χ4n) is 6.80. The zero-order valence-corrected chi connectivity index (χ0v) is 21.2. The van der Waals surface area contributed by atoms with Crippen molar-refractivity contribution in [1.82, 2.24) is 4.90 Å². The molecule has 0 bridgehead atoms. The third kappa shape index (κ3) is 4.24. The molecule has 2 aromatic rings. The van der Waals surface area contributed by atoms with Crippen LogP contribution in [0.1, 0.15) is 60.8 Å². The van der Waals surface area contributed by atoms with Gasteiger partial charge in [0.25, 0.3) is 0 Å². The highest BCUT2D eigenvalue weighted by molar-refractivity contribution is 5.85. The van der Waals surface area contributed by atoms with E-state index in [1.54, 1.807) is 0 Å². The third-order valence-electron chi connectivity index (χ3n) is 8.56. The first-order valence-electron chi connectivity index (χ1n) is 12.3. The molecule has 0 aliphatic heterocycles. The molecule has 0 saturated heterocycles. The Bertz CT molecular complexity index is 1020. The minimum absolute atomic E-state index is 0. The van der Waals surface area contributed by atoms with Crippen molar-refractivity contribution in [2.75, 3.05) is 27.2 Å². The van der Waals surface area contributed by atoms with Crippen molar-refractivity contribution < 1.29 is 9.84 Å². The molecule has 3 aliphatic rings. The van der Waals surface area contributed by atoms with Crippen LogP contribution in [0.3, 0.4) is 0 Å². The van der Waals surface area contributed by atoms with Crippen LogP contribution in [0.25, 0.3) is 5.57 Å². The number of nitrogens with zero attached hydrogens (tertiary/aromatic N) is 1. The molecule has 2 aromatic carbocycles. The van der Waals surface area contributed by atoms with Gasteiger partial charge in [-0.25, -0.2) is 0 Å². The normalized spacial score (nSPS) is 30.1. The maximum atomic E-state index is 10.8. The van der Waals surface area contributed by atoms with E-state index in [-0.39, 0.29) is 23.9 Å². The number of likely N-dealkylation sites (N-methyl/N-ethyl adjacent to an activating group) is 1. The van der Waals surface area contributed by atoms with Crippen LogP contribution >= 0.6 is 12.4 Å². The number of aliphatic hydroxyl groups is 1. The Balaban J connectivity index is 0.00000259. The van der Waals surface area contributed by atoms with Crippen molar-refractivity contribution in [3.05, 3.63) is 70.8 Å². The van der Waals surface area contributed by atoms with Crippen LogP contribution in [-0.4, -0.2) is 43.4 Å². The lowest BCUT2D eigenvalue weighted by Crippen LogP contribution is -2.43. The first kappa shape index (κ1) is 24.3. The maximum Gasteiger partial charge on any atom is 0.120 e. The molecule has 5 rings (SSSR count). The summed E-state index contributed by atoms with van der Waals surface area (Å²) in [6.07, 6.45) is 6.76. The average Bonchev–Trinajstić information content (AvgIpc) is 3.08. The molecule has 3 nitrogen and oxygen atoms in total. The van der Waals surface area contributed by atoms with Gasteiger partial charge >= 0.3 is 0 Å². The van der Waals surface area contributed by atoms with Crippen molar-refractivity contribution in [2.45, 2.75) is 51.6 Å². The Labute approximate surface area is 205 Å². The molecule has 2 saturated carbocycles. The summed E-state index contributed by atoms with van der Waals surface area (Å²) >= 11 is 0. The molecule has 1 N–H and O–H groups in total. The molecule has 3 aliphatic carbocycles. The summed E-state index contributed by atoms with van der Waals surface area (Å²) in [6.45, 7) is 6.20. The van der Waals surface area contributed by atoms with E-state index in [1.165, 1.54) is 27.8 Å². The van der Waals surface area contributed by atoms with Crippen LogP contribution in [0.15, 0.2) is 48.5 Å². The molecule has 5 atom stereocenters. The standard InChI is InChI=1S/C29H37NO2.ClH/c1-19-16-21(32-15-14-30(3)4)17-25-23(20-8-6-5-7-9-20)18-24-22(28(19)25)12-13-29(2)26(24)10-11-27(29)31;/h5-9,16-18,22,24,26-27,31H,10-15H2,1-4H3;1H/t22-,24+,26-,27-,29-;/m0./s1. The van der Waals surface area contributed by atoms with Crippen molar-refractivity contribution >= 4 is 18.0 Å². The third-order valence-corrected chi connectivity index (χ3v) is 8.56. The van der Waals surface area contributed by atoms with Gasteiger partial charge in [0, 0.05) is 6.54 Å². The zero-order chi connectivity index (χ0) is 22.5. The molecule has 178 valence electrons. The molecule has 0 radical (unpaired) electrons. The Hall–Kier alpha value is -1.81. The summed E-state index contributed by atoms with van der Waals surface area (Å²) in [4.78, 5) is 2.15. The van der Waals surface area contributed by atoms with Gasteiger partial charge in [-0.1, -0.05) is 43.3 Å². The second-order valence-corrected chi connectivity index (χ2v) is 10.7. The second-order valence-electron chi connectivity index (χ2n) is 10.7. The lowest BCUT2D eigenvalue weighted by atomic mass is 9.55. The smallest absolute Gasteiger partial charge is 0.120 e. The van der Waals surface area contributed by atoms with E-state index in [0.29, 0.717) is 24.4 Å². The van der Waals surface area contributed by atoms with Gasteiger partial charge in [0.15, 0.2) is 0 Å². The highest BCUT2D eigenvalue weighted by atomic mass is 35.5.